The summed E-state index contributed by atoms with van der Waals surface area (Å²) in [4.78, 5) is 4.44. The Kier molecular flexibility index (Phi) is 2.79. The molecule has 17 heavy (non-hydrogen) atoms. The smallest absolute Gasteiger partial charge is 0.133 e. The van der Waals surface area contributed by atoms with Gasteiger partial charge in [-0.1, -0.05) is 35.0 Å². The van der Waals surface area contributed by atoms with Crippen LogP contribution in [0.5, 0.6) is 0 Å². The first-order valence-corrected chi connectivity index (χ1v) is 6.82. The number of rotatable bonds is 3. The summed E-state index contributed by atoms with van der Waals surface area (Å²) in [5.74, 6) is 2.71. The molecule has 1 aromatic carbocycles. The van der Waals surface area contributed by atoms with Crippen LogP contribution in [-0.2, 0) is 0 Å². The third kappa shape index (κ3) is 2.16. The summed E-state index contributed by atoms with van der Waals surface area (Å²) in [5, 5.41) is 5.88. The predicted molar refractivity (Wildman–Crippen MR) is 75.2 cm³/mol. The number of hydrogen-bond acceptors (Lipinski definition) is 2. The number of fused-ring (bicyclic) bond motifs is 1. The maximum absolute atomic E-state index is 4.44. The molecule has 0 amide bonds. The average Bonchev–Trinajstić information content (AvgIpc) is 3.03. The van der Waals surface area contributed by atoms with Crippen LogP contribution < -0.4 is 5.32 Å². The van der Waals surface area contributed by atoms with Crippen LogP contribution in [0.1, 0.15) is 13.3 Å². The number of nitrogens with zero attached hydrogens (tertiary/aromatic N) is 1. The molecule has 2 aromatic rings. The van der Waals surface area contributed by atoms with E-state index in [1.165, 1.54) is 17.2 Å². The molecule has 88 valence electrons. The predicted octanol–water partition coefficient (Wildman–Crippen LogP) is 4.07. The minimum atomic E-state index is 0.833. The van der Waals surface area contributed by atoms with E-state index in [-0.39, 0.29) is 0 Å². The highest BCUT2D eigenvalue weighted by atomic mass is 79.9. The summed E-state index contributed by atoms with van der Waals surface area (Å²) in [7, 11) is 0. The van der Waals surface area contributed by atoms with Crippen molar-refractivity contribution >= 4 is 32.5 Å². The van der Waals surface area contributed by atoms with Crippen LogP contribution >= 0.6 is 15.9 Å². The largest absolute Gasteiger partial charge is 0.369 e. The molecular weight excluding hydrogens is 276 g/mol. The van der Waals surface area contributed by atoms with Crippen molar-refractivity contribution in [1.82, 2.24) is 4.98 Å². The number of benzene rings is 1. The Balaban J connectivity index is 1.90. The van der Waals surface area contributed by atoms with Crippen LogP contribution in [0.3, 0.4) is 0 Å². The van der Waals surface area contributed by atoms with Crippen molar-refractivity contribution in [2.45, 2.75) is 13.3 Å². The molecular formula is C14H15BrN2. The fourth-order valence-electron chi connectivity index (χ4n) is 2.22. The standard InChI is InChI=1S/C14H15BrN2/c1-9-7-10(9)8-17-14-12-3-2-4-13(15)11(12)5-6-16-14/h2-6,9-10H,7-8H2,1H3,(H,16,17). The Bertz CT molecular complexity index is 553. The van der Waals surface area contributed by atoms with Gasteiger partial charge in [0.1, 0.15) is 5.82 Å². The minimum absolute atomic E-state index is 0.833. The van der Waals surface area contributed by atoms with Crippen LogP contribution in [-0.4, -0.2) is 11.5 Å². The maximum atomic E-state index is 4.44. The molecule has 1 aliphatic rings. The van der Waals surface area contributed by atoms with E-state index < -0.39 is 0 Å². The number of anilines is 1. The van der Waals surface area contributed by atoms with Crippen molar-refractivity contribution in [3.63, 3.8) is 0 Å². The molecule has 0 bridgehead atoms. The lowest BCUT2D eigenvalue weighted by molar-refractivity contribution is 0.785. The second-order valence-electron chi connectivity index (χ2n) is 4.85. The van der Waals surface area contributed by atoms with Gasteiger partial charge in [0.05, 0.1) is 0 Å². The average molecular weight is 291 g/mol. The quantitative estimate of drug-likeness (QED) is 0.922. The first-order chi connectivity index (χ1) is 8.25. The highest BCUT2D eigenvalue weighted by molar-refractivity contribution is 9.10. The van der Waals surface area contributed by atoms with Crippen LogP contribution in [0.15, 0.2) is 34.9 Å². The maximum Gasteiger partial charge on any atom is 0.133 e. The van der Waals surface area contributed by atoms with Crippen molar-refractivity contribution in [1.29, 1.82) is 0 Å². The second kappa shape index (κ2) is 4.30. The molecule has 2 unspecified atom stereocenters. The lowest BCUT2D eigenvalue weighted by Gasteiger charge is -2.09. The molecule has 1 heterocycles. The summed E-state index contributed by atoms with van der Waals surface area (Å²) in [6.45, 7) is 3.35. The van der Waals surface area contributed by atoms with Gasteiger partial charge in [-0.3, -0.25) is 0 Å². The number of halogens is 1. The first-order valence-electron chi connectivity index (χ1n) is 6.03. The van der Waals surface area contributed by atoms with E-state index in [9.17, 15) is 0 Å². The first kappa shape index (κ1) is 11.0. The van der Waals surface area contributed by atoms with Crippen LogP contribution in [0, 0.1) is 11.8 Å². The van der Waals surface area contributed by atoms with Crippen molar-refractivity contribution < 1.29 is 0 Å². The van der Waals surface area contributed by atoms with Gasteiger partial charge in [-0.25, -0.2) is 4.98 Å². The summed E-state index contributed by atoms with van der Waals surface area (Å²) >= 11 is 3.58. The van der Waals surface area contributed by atoms with E-state index in [1.54, 1.807) is 0 Å². The summed E-state index contributed by atoms with van der Waals surface area (Å²) in [5.41, 5.74) is 0. The van der Waals surface area contributed by atoms with E-state index in [0.29, 0.717) is 0 Å². The van der Waals surface area contributed by atoms with E-state index in [0.717, 1.165) is 28.7 Å². The molecule has 0 spiro atoms. The Morgan fingerprint density at radius 1 is 1.35 bits per heavy atom. The Morgan fingerprint density at radius 2 is 2.18 bits per heavy atom. The molecule has 0 radical (unpaired) electrons. The molecule has 0 saturated heterocycles. The van der Waals surface area contributed by atoms with Crippen LogP contribution in [0.2, 0.25) is 0 Å². The SMILES string of the molecule is CC1CC1CNc1nccc2c(Br)cccc12. The fourth-order valence-corrected chi connectivity index (χ4v) is 2.72. The zero-order chi connectivity index (χ0) is 11.8. The third-order valence-electron chi connectivity index (χ3n) is 3.56. The summed E-state index contributed by atoms with van der Waals surface area (Å²) < 4.78 is 1.13. The number of pyridine rings is 1. The lowest BCUT2D eigenvalue weighted by atomic mass is 10.1. The Hall–Kier alpha value is -1.09. The Morgan fingerprint density at radius 3 is 2.94 bits per heavy atom. The highest BCUT2D eigenvalue weighted by Gasteiger charge is 2.32. The number of aromatic nitrogens is 1. The molecule has 1 aromatic heterocycles. The van der Waals surface area contributed by atoms with Gasteiger partial charge in [0, 0.05) is 28.0 Å². The molecule has 1 fully saturated rings. The van der Waals surface area contributed by atoms with Crippen LogP contribution in [0.4, 0.5) is 5.82 Å². The van der Waals surface area contributed by atoms with Gasteiger partial charge in [0.15, 0.2) is 0 Å². The minimum Gasteiger partial charge on any atom is -0.369 e. The van der Waals surface area contributed by atoms with Gasteiger partial charge in [-0.2, -0.15) is 0 Å². The van der Waals surface area contributed by atoms with E-state index in [1.807, 2.05) is 12.3 Å². The van der Waals surface area contributed by atoms with Gasteiger partial charge >= 0.3 is 0 Å². The summed E-state index contributed by atoms with van der Waals surface area (Å²) in [6.07, 6.45) is 3.22. The van der Waals surface area contributed by atoms with Gasteiger partial charge in [-0.15, -0.1) is 0 Å². The van der Waals surface area contributed by atoms with Gasteiger partial charge in [0.25, 0.3) is 0 Å². The molecule has 1 saturated carbocycles. The topological polar surface area (TPSA) is 24.9 Å². The van der Waals surface area contributed by atoms with Crippen molar-refractivity contribution in [3.05, 3.63) is 34.9 Å². The zero-order valence-corrected chi connectivity index (χ0v) is 11.4. The molecule has 3 heteroatoms. The van der Waals surface area contributed by atoms with E-state index >= 15 is 0 Å². The van der Waals surface area contributed by atoms with Crippen molar-refractivity contribution in [2.24, 2.45) is 11.8 Å². The fraction of sp³-hybridized carbons (Fsp3) is 0.357. The summed E-state index contributed by atoms with van der Waals surface area (Å²) in [6, 6.07) is 8.28. The molecule has 1 N–H and O–H groups in total. The number of nitrogens with one attached hydrogen (secondary N) is 1. The van der Waals surface area contributed by atoms with E-state index in [4.69, 9.17) is 0 Å². The lowest BCUT2D eigenvalue weighted by Crippen LogP contribution is -2.06. The normalized spacial score (nSPS) is 22.7. The molecule has 3 rings (SSSR count). The molecule has 2 nitrogen and oxygen atoms in total. The second-order valence-corrected chi connectivity index (χ2v) is 5.70. The monoisotopic (exact) mass is 290 g/mol. The van der Waals surface area contributed by atoms with Gasteiger partial charge < -0.3 is 5.32 Å². The molecule has 1 aliphatic carbocycles. The van der Waals surface area contributed by atoms with E-state index in [2.05, 4.69) is 51.4 Å². The van der Waals surface area contributed by atoms with Crippen molar-refractivity contribution in [2.75, 3.05) is 11.9 Å². The van der Waals surface area contributed by atoms with Crippen LogP contribution in [0.25, 0.3) is 10.8 Å². The highest BCUT2D eigenvalue weighted by Crippen LogP contribution is 2.38. The van der Waals surface area contributed by atoms with Gasteiger partial charge in [-0.05, 0) is 30.4 Å². The zero-order valence-electron chi connectivity index (χ0n) is 9.78. The van der Waals surface area contributed by atoms with Gasteiger partial charge in [0.2, 0.25) is 0 Å². The molecule has 0 aliphatic heterocycles. The van der Waals surface area contributed by atoms with Crippen molar-refractivity contribution in [3.8, 4) is 0 Å². The number of hydrogen-bond donors (Lipinski definition) is 1. The third-order valence-corrected chi connectivity index (χ3v) is 4.25. The molecule has 2 atom stereocenters. The Labute approximate surface area is 110 Å².